The van der Waals surface area contributed by atoms with Gasteiger partial charge >= 0.3 is 6.09 Å². The van der Waals surface area contributed by atoms with Crippen LogP contribution in [-0.2, 0) is 4.74 Å². The number of carbonyl (C=O) groups excluding carboxylic acids is 1. The molecule has 0 saturated carbocycles. The molecule has 1 rings (SSSR count). The highest BCUT2D eigenvalue weighted by Gasteiger charge is 2.18. The Morgan fingerprint density at radius 1 is 1.62 bits per heavy atom. The predicted molar refractivity (Wildman–Crippen MR) is 48.9 cm³/mol. The number of nitrogens with zero attached hydrogens (tertiary/aromatic N) is 2. The molecule has 0 atom stereocenters. The highest BCUT2D eigenvalue weighted by atomic mass is 35.5. The van der Waals surface area contributed by atoms with Gasteiger partial charge in [-0.15, -0.1) is 0 Å². The number of ether oxygens (including phenoxy) is 1. The SMILES string of the molecule is CC(C)(C)OC(=O)n1cc(Cl)cn1. The van der Waals surface area contributed by atoms with Crippen molar-refractivity contribution in [3.63, 3.8) is 0 Å². The van der Waals surface area contributed by atoms with Crippen LogP contribution < -0.4 is 0 Å². The molecule has 0 unspecified atom stereocenters. The van der Waals surface area contributed by atoms with E-state index in [-0.39, 0.29) is 0 Å². The monoisotopic (exact) mass is 202 g/mol. The van der Waals surface area contributed by atoms with Crippen LogP contribution in [-0.4, -0.2) is 21.5 Å². The molecule has 0 aromatic carbocycles. The number of hydrogen-bond acceptors (Lipinski definition) is 3. The van der Waals surface area contributed by atoms with Crippen molar-refractivity contribution in [3.8, 4) is 0 Å². The molecule has 0 aliphatic heterocycles. The van der Waals surface area contributed by atoms with Crippen LogP contribution in [0.5, 0.6) is 0 Å². The van der Waals surface area contributed by atoms with Gasteiger partial charge in [0.2, 0.25) is 0 Å². The molecular formula is C8H11ClN2O2. The van der Waals surface area contributed by atoms with Crippen molar-refractivity contribution in [1.82, 2.24) is 9.78 Å². The summed E-state index contributed by atoms with van der Waals surface area (Å²) < 4.78 is 6.10. The molecule has 0 N–H and O–H groups in total. The maximum absolute atomic E-state index is 11.3. The van der Waals surface area contributed by atoms with Crippen LogP contribution in [0.4, 0.5) is 4.79 Å². The van der Waals surface area contributed by atoms with Crippen LogP contribution in [0.15, 0.2) is 12.4 Å². The van der Waals surface area contributed by atoms with Gasteiger partial charge in [0.25, 0.3) is 0 Å². The van der Waals surface area contributed by atoms with E-state index in [4.69, 9.17) is 16.3 Å². The third kappa shape index (κ3) is 3.06. The van der Waals surface area contributed by atoms with E-state index in [2.05, 4.69) is 5.10 Å². The average molecular weight is 203 g/mol. The first kappa shape index (κ1) is 10.1. The number of rotatable bonds is 0. The summed E-state index contributed by atoms with van der Waals surface area (Å²) in [4.78, 5) is 11.3. The van der Waals surface area contributed by atoms with Crippen molar-refractivity contribution in [2.24, 2.45) is 0 Å². The Labute approximate surface area is 81.4 Å². The van der Waals surface area contributed by atoms with Gasteiger partial charge in [0, 0.05) is 0 Å². The van der Waals surface area contributed by atoms with E-state index in [1.54, 1.807) is 20.8 Å². The van der Waals surface area contributed by atoms with Crippen molar-refractivity contribution in [2.75, 3.05) is 0 Å². The summed E-state index contributed by atoms with van der Waals surface area (Å²) in [5.41, 5.74) is -0.518. The second kappa shape index (κ2) is 3.38. The van der Waals surface area contributed by atoms with E-state index in [1.807, 2.05) is 0 Å². The molecule has 0 bridgehead atoms. The molecule has 1 aromatic rings. The van der Waals surface area contributed by atoms with E-state index in [1.165, 1.54) is 12.4 Å². The van der Waals surface area contributed by atoms with Gasteiger partial charge in [0.15, 0.2) is 0 Å². The lowest BCUT2D eigenvalue weighted by Crippen LogP contribution is -2.27. The Morgan fingerprint density at radius 2 is 2.23 bits per heavy atom. The van der Waals surface area contributed by atoms with E-state index < -0.39 is 11.7 Å². The number of hydrogen-bond donors (Lipinski definition) is 0. The van der Waals surface area contributed by atoms with Gasteiger partial charge in [-0.05, 0) is 20.8 Å². The first-order chi connectivity index (χ1) is 5.88. The van der Waals surface area contributed by atoms with Gasteiger partial charge in [-0.25, -0.2) is 4.79 Å². The topological polar surface area (TPSA) is 44.1 Å². The van der Waals surface area contributed by atoms with Crippen molar-refractivity contribution in [3.05, 3.63) is 17.4 Å². The van der Waals surface area contributed by atoms with Crippen LogP contribution in [0, 0.1) is 0 Å². The third-order valence-corrected chi connectivity index (χ3v) is 1.33. The Balaban J connectivity index is 2.70. The number of aromatic nitrogens is 2. The first-order valence-corrected chi connectivity index (χ1v) is 4.20. The average Bonchev–Trinajstić information content (AvgIpc) is 2.31. The fraction of sp³-hybridized carbons (Fsp3) is 0.500. The lowest BCUT2D eigenvalue weighted by atomic mass is 10.2. The molecular weight excluding hydrogens is 192 g/mol. The molecule has 72 valence electrons. The second-order valence-corrected chi connectivity index (χ2v) is 4.02. The van der Waals surface area contributed by atoms with E-state index in [0.717, 1.165) is 4.68 Å². The van der Waals surface area contributed by atoms with Crippen molar-refractivity contribution >= 4 is 17.7 Å². The lowest BCUT2D eigenvalue weighted by Gasteiger charge is -2.18. The Kier molecular flexibility index (Phi) is 2.61. The lowest BCUT2D eigenvalue weighted by molar-refractivity contribution is 0.0514. The highest BCUT2D eigenvalue weighted by Crippen LogP contribution is 2.10. The Hall–Kier alpha value is -1.03. The minimum atomic E-state index is -0.528. The highest BCUT2D eigenvalue weighted by molar-refractivity contribution is 6.30. The summed E-state index contributed by atoms with van der Waals surface area (Å²) in [6.45, 7) is 5.36. The summed E-state index contributed by atoms with van der Waals surface area (Å²) >= 11 is 5.58. The zero-order valence-corrected chi connectivity index (χ0v) is 8.50. The second-order valence-electron chi connectivity index (χ2n) is 3.58. The zero-order chi connectivity index (χ0) is 10.1. The maximum Gasteiger partial charge on any atom is 0.435 e. The van der Waals surface area contributed by atoms with Gasteiger partial charge in [0.1, 0.15) is 5.60 Å². The number of halogens is 1. The van der Waals surface area contributed by atoms with Crippen LogP contribution in [0.2, 0.25) is 5.02 Å². The zero-order valence-electron chi connectivity index (χ0n) is 7.74. The van der Waals surface area contributed by atoms with Crippen LogP contribution in [0.25, 0.3) is 0 Å². The first-order valence-electron chi connectivity index (χ1n) is 3.82. The Bertz CT molecular complexity index is 314. The predicted octanol–water partition coefficient (Wildman–Crippen LogP) is 2.32. The fourth-order valence-corrected chi connectivity index (χ4v) is 0.845. The van der Waals surface area contributed by atoms with E-state index in [9.17, 15) is 4.79 Å². The largest absolute Gasteiger partial charge is 0.442 e. The molecule has 0 amide bonds. The van der Waals surface area contributed by atoms with Gasteiger partial charge in [-0.1, -0.05) is 11.6 Å². The summed E-state index contributed by atoms with van der Waals surface area (Å²) in [5.74, 6) is 0. The van der Waals surface area contributed by atoms with Crippen LogP contribution >= 0.6 is 11.6 Å². The number of carbonyl (C=O) groups is 1. The molecule has 4 nitrogen and oxygen atoms in total. The van der Waals surface area contributed by atoms with Crippen molar-refractivity contribution in [2.45, 2.75) is 26.4 Å². The molecule has 0 aliphatic rings. The van der Waals surface area contributed by atoms with Gasteiger partial charge in [-0.3, -0.25) is 0 Å². The van der Waals surface area contributed by atoms with Crippen molar-refractivity contribution in [1.29, 1.82) is 0 Å². The van der Waals surface area contributed by atoms with E-state index in [0.29, 0.717) is 5.02 Å². The summed E-state index contributed by atoms with van der Waals surface area (Å²) in [6.07, 6.45) is 2.25. The quantitative estimate of drug-likeness (QED) is 0.649. The minimum Gasteiger partial charge on any atom is -0.442 e. The third-order valence-electron chi connectivity index (χ3n) is 1.13. The molecule has 1 aromatic heterocycles. The van der Waals surface area contributed by atoms with Gasteiger partial charge in [-0.2, -0.15) is 9.78 Å². The van der Waals surface area contributed by atoms with Gasteiger partial charge in [0.05, 0.1) is 17.4 Å². The van der Waals surface area contributed by atoms with Crippen LogP contribution in [0.1, 0.15) is 20.8 Å². The van der Waals surface area contributed by atoms with Crippen LogP contribution in [0.3, 0.4) is 0 Å². The Morgan fingerprint density at radius 3 is 2.62 bits per heavy atom. The van der Waals surface area contributed by atoms with E-state index >= 15 is 0 Å². The maximum atomic E-state index is 11.3. The van der Waals surface area contributed by atoms with Gasteiger partial charge < -0.3 is 4.74 Å². The molecule has 0 fully saturated rings. The molecule has 0 saturated heterocycles. The smallest absolute Gasteiger partial charge is 0.435 e. The van der Waals surface area contributed by atoms with Crippen molar-refractivity contribution < 1.29 is 9.53 Å². The molecule has 0 radical (unpaired) electrons. The molecule has 0 spiro atoms. The summed E-state index contributed by atoms with van der Waals surface area (Å²) in [6, 6.07) is 0. The molecule has 0 aliphatic carbocycles. The fourth-order valence-electron chi connectivity index (χ4n) is 0.709. The molecule has 5 heteroatoms. The molecule has 13 heavy (non-hydrogen) atoms. The normalized spacial score (nSPS) is 11.4. The summed E-state index contributed by atoms with van der Waals surface area (Å²) in [5, 5.41) is 4.12. The summed E-state index contributed by atoms with van der Waals surface area (Å²) in [7, 11) is 0. The minimum absolute atomic E-state index is 0.408. The molecule has 1 heterocycles. The standard InChI is InChI=1S/C8H11ClN2O2/c1-8(2,3)13-7(12)11-5-6(9)4-10-11/h4-5H,1-3H3.